The zero-order valence-electron chi connectivity index (χ0n) is 12.2. The highest BCUT2D eigenvalue weighted by atomic mass is 16.5. The molecule has 3 nitrogen and oxygen atoms in total. The molecule has 2 aromatic rings. The normalized spacial score (nSPS) is 11.1. The smallest absolute Gasteiger partial charge is 0.119 e. The van der Waals surface area contributed by atoms with E-state index < -0.39 is 5.97 Å². The standard InChI is InChI=1S/C18H20O3/c1-2-3-4-11-21-17-9-8-15-12-14(6-10-18(19)20)5-7-16(15)13-17/h5-10,12-13H,2-4,11H2,1H3,(H,19,20)/p-1/b10-6+. The minimum Gasteiger partial charge on any atom is -0.545 e. The summed E-state index contributed by atoms with van der Waals surface area (Å²) in [5, 5.41) is 12.5. The van der Waals surface area contributed by atoms with Crippen LogP contribution in [0, 0.1) is 0 Å². The second-order valence-electron chi connectivity index (χ2n) is 4.98. The zero-order valence-corrected chi connectivity index (χ0v) is 12.2. The van der Waals surface area contributed by atoms with Crippen LogP contribution in [0.15, 0.2) is 42.5 Å². The van der Waals surface area contributed by atoms with Crippen LogP contribution in [-0.4, -0.2) is 12.6 Å². The molecule has 0 aliphatic rings. The first kappa shape index (κ1) is 15.1. The highest BCUT2D eigenvalue weighted by Gasteiger charge is 1.99. The van der Waals surface area contributed by atoms with Gasteiger partial charge in [0.15, 0.2) is 0 Å². The number of rotatable bonds is 7. The molecule has 0 amide bonds. The first-order valence-corrected chi connectivity index (χ1v) is 7.24. The highest BCUT2D eigenvalue weighted by Crippen LogP contribution is 2.22. The lowest BCUT2D eigenvalue weighted by molar-refractivity contribution is -0.297. The Kier molecular flexibility index (Phi) is 5.38. The van der Waals surface area contributed by atoms with Crippen molar-refractivity contribution in [2.24, 2.45) is 0 Å². The summed E-state index contributed by atoms with van der Waals surface area (Å²) in [5.74, 6) is -0.317. The van der Waals surface area contributed by atoms with E-state index in [2.05, 4.69) is 6.92 Å². The number of carboxylic acids is 1. The average Bonchev–Trinajstić information content (AvgIpc) is 2.49. The fourth-order valence-electron chi connectivity index (χ4n) is 2.14. The minimum absolute atomic E-state index is 0.742. The van der Waals surface area contributed by atoms with E-state index in [1.807, 2.05) is 36.4 Å². The van der Waals surface area contributed by atoms with E-state index in [0.29, 0.717) is 0 Å². The first-order valence-electron chi connectivity index (χ1n) is 7.24. The molecule has 0 aliphatic heterocycles. The van der Waals surface area contributed by atoms with Gasteiger partial charge in [0.1, 0.15) is 5.75 Å². The third-order valence-corrected chi connectivity index (χ3v) is 3.26. The Bertz CT molecular complexity index is 644. The van der Waals surface area contributed by atoms with Crippen molar-refractivity contribution in [1.29, 1.82) is 0 Å². The van der Waals surface area contributed by atoms with Crippen LogP contribution in [0.2, 0.25) is 0 Å². The van der Waals surface area contributed by atoms with E-state index in [-0.39, 0.29) is 0 Å². The number of hydrogen-bond donors (Lipinski definition) is 0. The molecule has 3 heteroatoms. The van der Waals surface area contributed by atoms with Crippen molar-refractivity contribution in [3.63, 3.8) is 0 Å². The third-order valence-electron chi connectivity index (χ3n) is 3.26. The number of carbonyl (C=O) groups is 1. The Labute approximate surface area is 124 Å². The third kappa shape index (κ3) is 4.63. The van der Waals surface area contributed by atoms with Gasteiger partial charge in [-0.25, -0.2) is 0 Å². The maximum absolute atomic E-state index is 10.4. The quantitative estimate of drug-likeness (QED) is 0.579. The summed E-state index contributed by atoms with van der Waals surface area (Å²) in [4.78, 5) is 10.4. The van der Waals surface area contributed by atoms with Crippen LogP contribution >= 0.6 is 0 Å². The molecule has 0 N–H and O–H groups in total. The van der Waals surface area contributed by atoms with E-state index in [9.17, 15) is 9.90 Å². The zero-order chi connectivity index (χ0) is 15.1. The molecule has 21 heavy (non-hydrogen) atoms. The Balaban J connectivity index is 2.10. The van der Waals surface area contributed by atoms with Crippen LogP contribution in [0.4, 0.5) is 0 Å². The lowest BCUT2D eigenvalue weighted by Crippen LogP contribution is -2.18. The number of hydrogen-bond acceptors (Lipinski definition) is 3. The predicted molar refractivity (Wildman–Crippen MR) is 83.0 cm³/mol. The molecule has 0 heterocycles. The first-order chi connectivity index (χ1) is 10.2. The topological polar surface area (TPSA) is 49.4 Å². The molecule has 0 fully saturated rings. The van der Waals surface area contributed by atoms with Crippen molar-refractivity contribution in [2.75, 3.05) is 6.61 Å². The fraction of sp³-hybridized carbons (Fsp3) is 0.278. The van der Waals surface area contributed by atoms with Gasteiger partial charge in [-0.2, -0.15) is 0 Å². The van der Waals surface area contributed by atoms with E-state index >= 15 is 0 Å². The molecule has 0 saturated heterocycles. The molecule has 0 spiro atoms. The van der Waals surface area contributed by atoms with Gasteiger partial charge >= 0.3 is 0 Å². The molecule has 110 valence electrons. The SMILES string of the molecule is CCCCCOc1ccc2cc(/C=C/C(=O)[O-])ccc2c1. The second-order valence-corrected chi connectivity index (χ2v) is 4.98. The molecule has 0 bridgehead atoms. The van der Waals surface area contributed by atoms with Crippen LogP contribution < -0.4 is 9.84 Å². The van der Waals surface area contributed by atoms with E-state index in [1.54, 1.807) is 0 Å². The average molecular weight is 283 g/mol. The monoisotopic (exact) mass is 283 g/mol. The lowest BCUT2D eigenvalue weighted by Gasteiger charge is -2.07. The van der Waals surface area contributed by atoms with Crippen LogP contribution in [-0.2, 0) is 4.79 Å². The maximum Gasteiger partial charge on any atom is 0.119 e. The molecular weight excluding hydrogens is 264 g/mol. The molecule has 2 aromatic carbocycles. The van der Waals surface area contributed by atoms with Crippen molar-refractivity contribution >= 4 is 22.8 Å². The Hall–Kier alpha value is -2.29. The van der Waals surface area contributed by atoms with Crippen molar-refractivity contribution in [3.8, 4) is 5.75 Å². The summed E-state index contributed by atoms with van der Waals surface area (Å²) in [7, 11) is 0. The van der Waals surface area contributed by atoms with E-state index in [4.69, 9.17) is 4.74 Å². The summed E-state index contributed by atoms with van der Waals surface area (Å²) < 4.78 is 5.73. The minimum atomic E-state index is -1.19. The van der Waals surface area contributed by atoms with Crippen molar-refractivity contribution in [3.05, 3.63) is 48.0 Å². The number of unbranched alkanes of at least 4 members (excludes halogenated alkanes) is 2. The van der Waals surface area contributed by atoms with E-state index in [0.717, 1.165) is 41.2 Å². The lowest BCUT2D eigenvalue weighted by atomic mass is 10.1. The number of carboxylic acid groups (broad SMARTS) is 1. The molecule has 0 radical (unpaired) electrons. The number of benzene rings is 2. The largest absolute Gasteiger partial charge is 0.545 e. The summed E-state index contributed by atoms with van der Waals surface area (Å²) in [6.45, 7) is 2.91. The summed E-state index contributed by atoms with van der Waals surface area (Å²) in [6.07, 6.45) is 6.00. The predicted octanol–water partition coefficient (Wildman–Crippen LogP) is 3.17. The number of fused-ring (bicyclic) bond motifs is 1. The van der Waals surface area contributed by atoms with Crippen molar-refractivity contribution < 1.29 is 14.6 Å². The Morgan fingerprint density at radius 1 is 1.14 bits per heavy atom. The summed E-state index contributed by atoms with van der Waals surface area (Å²) in [6, 6.07) is 11.7. The van der Waals surface area contributed by atoms with Crippen LogP contribution in [0.1, 0.15) is 31.7 Å². The van der Waals surface area contributed by atoms with Crippen LogP contribution in [0.3, 0.4) is 0 Å². The molecule has 2 rings (SSSR count). The molecule has 0 atom stereocenters. The molecule has 0 unspecified atom stereocenters. The van der Waals surface area contributed by atoms with Gasteiger partial charge in [0.05, 0.1) is 12.6 Å². The van der Waals surface area contributed by atoms with Crippen molar-refractivity contribution in [1.82, 2.24) is 0 Å². The molecule has 0 aliphatic carbocycles. The van der Waals surface area contributed by atoms with Gasteiger partial charge in [0.2, 0.25) is 0 Å². The molecule has 0 saturated carbocycles. The van der Waals surface area contributed by atoms with Gasteiger partial charge in [-0.05, 0) is 47.0 Å². The van der Waals surface area contributed by atoms with Crippen LogP contribution in [0.25, 0.3) is 16.8 Å². The second kappa shape index (κ2) is 7.48. The van der Waals surface area contributed by atoms with Gasteiger partial charge in [-0.1, -0.05) is 44.0 Å². The van der Waals surface area contributed by atoms with Crippen LogP contribution in [0.5, 0.6) is 5.75 Å². The Morgan fingerprint density at radius 3 is 2.67 bits per heavy atom. The highest BCUT2D eigenvalue weighted by molar-refractivity contribution is 5.88. The van der Waals surface area contributed by atoms with E-state index in [1.165, 1.54) is 18.9 Å². The Morgan fingerprint density at radius 2 is 1.90 bits per heavy atom. The molecular formula is C18H19O3-. The maximum atomic E-state index is 10.4. The van der Waals surface area contributed by atoms with Crippen molar-refractivity contribution in [2.45, 2.75) is 26.2 Å². The summed E-state index contributed by atoms with van der Waals surface area (Å²) >= 11 is 0. The van der Waals surface area contributed by atoms with Gasteiger partial charge in [-0.3, -0.25) is 0 Å². The summed E-state index contributed by atoms with van der Waals surface area (Å²) in [5.41, 5.74) is 0.836. The van der Waals surface area contributed by atoms with Gasteiger partial charge < -0.3 is 14.6 Å². The number of ether oxygens (including phenoxy) is 1. The molecule has 0 aromatic heterocycles. The number of aliphatic carboxylic acids is 1. The van der Waals surface area contributed by atoms with Gasteiger partial charge in [0.25, 0.3) is 0 Å². The number of carbonyl (C=O) groups excluding carboxylic acids is 1. The van der Waals surface area contributed by atoms with Gasteiger partial charge in [-0.15, -0.1) is 0 Å². The fourth-order valence-corrected chi connectivity index (χ4v) is 2.14. The van der Waals surface area contributed by atoms with Gasteiger partial charge in [0, 0.05) is 0 Å².